The quantitative estimate of drug-likeness (QED) is 0.440. The zero-order valence-corrected chi connectivity index (χ0v) is 20.3. The molecule has 3 N–H and O–H groups in total. The predicted octanol–water partition coefficient (Wildman–Crippen LogP) is 0.650. The first-order valence-corrected chi connectivity index (χ1v) is 12.1. The van der Waals surface area contributed by atoms with Crippen molar-refractivity contribution >= 4 is 18.0 Å². The number of esters is 1. The summed E-state index contributed by atoms with van der Waals surface area (Å²) in [4.78, 5) is 34.0. The number of benzene rings is 1. The number of piperazine rings is 1. The minimum Gasteiger partial charge on any atom is -0.478 e. The molecule has 11 heteroatoms. The Labute approximate surface area is 210 Å². The lowest BCUT2D eigenvalue weighted by molar-refractivity contribution is -0.164. The molecule has 2 saturated heterocycles. The number of hydrogen-bond donors (Lipinski definition) is 3. The number of aliphatic carboxylic acids is 1. The summed E-state index contributed by atoms with van der Waals surface area (Å²) in [6, 6.07) is 9.96. The Morgan fingerprint density at radius 3 is 2.81 bits per heavy atom. The standard InChI is InChI=1S/C25H32N6O5/c1-30-14-5-8-19(30)17-36-24-28-12-10-25(29-24,23(33)34)31-15-13-27-20(9-11-26)21(31)22(32)35-16-18-6-3-2-4-7-18/h2-4,6-7,10,12,19-21,27H,5,8-9,13-17H2,1H3,(H,28,29)(H,33,34)/t19-,20?,21?,25-/m0/s1. The zero-order chi connectivity index (χ0) is 25.5. The third-order valence-electron chi connectivity index (χ3n) is 6.92. The number of carboxylic acid groups (broad SMARTS) is 1. The first kappa shape index (κ1) is 25.6. The fraction of sp³-hybridized carbons (Fsp3) is 0.520. The number of carbonyl (C=O) groups excluding carboxylic acids is 1. The smallest absolute Gasteiger partial charge is 0.349 e. The molecule has 4 rings (SSSR count). The summed E-state index contributed by atoms with van der Waals surface area (Å²) in [5.74, 6) is -1.83. The first-order chi connectivity index (χ1) is 17.4. The number of nitrogens with one attached hydrogen (secondary N) is 2. The monoisotopic (exact) mass is 496 g/mol. The molecule has 0 aromatic heterocycles. The normalized spacial score (nSPS) is 28.6. The summed E-state index contributed by atoms with van der Waals surface area (Å²) in [5, 5.41) is 25.9. The number of likely N-dealkylation sites (N-methyl/N-ethyl adjacent to an activating group) is 1. The van der Waals surface area contributed by atoms with Gasteiger partial charge in [-0.3, -0.25) is 9.69 Å². The SMILES string of the molecule is CN1CCC[C@H]1COC1=NC=C[C@@](C(=O)O)(N2CCNC(CC#N)C2C(=O)OCc2ccccc2)N1. The minimum absolute atomic E-state index is 0.00643. The molecule has 3 heterocycles. The number of ether oxygens (including phenoxy) is 2. The molecule has 3 aliphatic heterocycles. The van der Waals surface area contributed by atoms with Gasteiger partial charge in [0.1, 0.15) is 19.3 Å². The van der Waals surface area contributed by atoms with Crippen LogP contribution in [0.1, 0.15) is 24.8 Å². The number of nitriles is 1. The molecule has 0 radical (unpaired) electrons. The molecule has 3 aliphatic rings. The first-order valence-electron chi connectivity index (χ1n) is 12.1. The third kappa shape index (κ3) is 5.51. The Morgan fingerprint density at radius 1 is 1.31 bits per heavy atom. The van der Waals surface area contributed by atoms with Crippen molar-refractivity contribution in [3.8, 4) is 6.07 Å². The van der Waals surface area contributed by atoms with Crippen LogP contribution < -0.4 is 10.6 Å². The fourth-order valence-corrected chi connectivity index (χ4v) is 4.93. The van der Waals surface area contributed by atoms with E-state index in [0.717, 1.165) is 24.9 Å². The van der Waals surface area contributed by atoms with Crippen LogP contribution in [-0.4, -0.2) is 89.9 Å². The summed E-state index contributed by atoms with van der Waals surface area (Å²) in [6.07, 6.45) is 4.86. The van der Waals surface area contributed by atoms with Crippen molar-refractivity contribution in [1.29, 1.82) is 5.26 Å². The van der Waals surface area contributed by atoms with Gasteiger partial charge in [0.2, 0.25) is 5.66 Å². The number of carbonyl (C=O) groups is 2. The van der Waals surface area contributed by atoms with Crippen LogP contribution in [0.2, 0.25) is 0 Å². The molecule has 1 aromatic carbocycles. The number of rotatable bonds is 8. The van der Waals surface area contributed by atoms with Crippen molar-refractivity contribution in [2.45, 2.75) is 49.7 Å². The van der Waals surface area contributed by atoms with Gasteiger partial charge < -0.3 is 30.1 Å². The number of hydrogen-bond acceptors (Lipinski definition) is 10. The summed E-state index contributed by atoms with van der Waals surface area (Å²) in [5.41, 5.74) is -0.994. The Kier molecular flexibility index (Phi) is 8.20. The van der Waals surface area contributed by atoms with Crippen molar-refractivity contribution in [2.75, 3.05) is 33.3 Å². The van der Waals surface area contributed by atoms with Gasteiger partial charge in [-0.1, -0.05) is 30.3 Å². The number of amidine groups is 1. The summed E-state index contributed by atoms with van der Waals surface area (Å²) >= 11 is 0. The van der Waals surface area contributed by atoms with Crippen LogP contribution in [0.5, 0.6) is 0 Å². The highest BCUT2D eigenvalue weighted by molar-refractivity contribution is 5.90. The van der Waals surface area contributed by atoms with Crippen molar-refractivity contribution < 1.29 is 24.2 Å². The molecule has 11 nitrogen and oxygen atoms in total. The van der Waals surface area contributed by atoms with Crippen LogP contribution in [-0.2, 0) is 25.7 Å². The lowest BCUT2D eigenvalue weighted by Gasteiger charge is -2.48. The summed E-state index contributed by atoms with van der Waals surface area (Å²) < 4.78 is 11.5. The van der Waals surface area contributed by atoms with Gasteiger partial charge >= 0.3 is 11.9 Å². The molecule has 4 atom stereocenters. The van der Waals surface area contributed by atoms with Crippen LogP contribution >= 0.6 is 0 Å². The average Bonchev–Trinajstić information content (AvgIpc) is 3.31. The molecule has 192 valence electrons. The van der Waals surface area contributed by atoms with E-state index in [1.165, 1.54) is 17.2 Å². The molecular formula is C25H32N6O5. The second kappa shape index (κ2) is 11.5. The maximum absolute atomic E-state index is 13.4. The number of nitrogens with zero attached hydrogens (tertiary/aromatic N) is 4. The van der Waals surface area contributed by atoms with Crippen LogP contribution in [0.15, 0.2) is 47.6 Å². The molecule has 0 saturated carbocycles. The van der Waals surface area contributed by atoms with Gasteiger partial charge in [0.25, 0.3) is 6.02 Å². The van der Waals surface area contributed by atoms with E-state index in [-0.39, 0.29) is 31.6 Å². The van der Waals surface area contributed by atoms with Crippen molar-refractivity contribution in [2.24, 2.45) is 4.99 Å². The zero-order valence-electron chi connectivity index (χ0n) is 20.3. The topological polar surface area (TPSA) is 140 Å². The number of carboxylic acids is 1. The molecule has 2 unspecified atom stereocenters. The van der Waals surface area contributed by atoms with Crippen molar-refractivity contribution in [3.05, 3.63) is 48.2 Å². The van der Waals surface area contributed by atoms with Gasteiger partial charge in [0, 0.05) is 31.4 Å². The summed E-state index contributed by atoms with van der Waals surface area (Å²) in [7, 11) is 2.03. The van der Waals surface area contributed by atoms with Gasteiger partial charge in [-0.05, 0) is 38.1 Å². The lowest BCUT2D eigenvalue weighted by atomic mass is 9.95. The van der Waals surface area contributed by atoms with Gasteiger partial charge in [0.15, 0.2) is 0 Å². The highest BCUT2D eigenvalue weighted by atomic mass is 16.5. The second-order valence-corrected chi connectivity index (χ2v) is 9.19. The maximum Gasteiger partial charge on any atom is 0.349 e. The third-order valence-corrected chi connectivity index (χ3v) is 6.92. The Bertz CT molecular complexity index is 1040. The molecule has 0 aliphatic carbocycles. The van der Waals surface area contributed by atoms with Gasteiger partial charge in [0.05, 0.1) is 12.5 Å². The van der Waals surface area contributed by atoms with E-state index in [1.54, 1.807) is 0 Å². The van der Waals surface area contributed by atoms with Gasteiger partial charge in [-0.25, -0.2) is 9.79 Å². The molecule has 0 bridgehead atoms. The molecule has 1 aromatic rings. The fourth-order valence-electron chi connectivity index (χ4n) is 4.93. The molecule has 0 amide bonds. The number of aliphatic imine (C=N–C) groups is 1. The Morgan fingerprint density at radius 2 is 2.11 bits per heavy atom. The highest BCUT2D eigenvalue weighted by Crippen LogP contribution is 2.27. The van der Waals surface area contributed by atoms with E-state index in [9.17, 15) is 20.0 Å². The van der Waals surface area contributed by atoms with Gasteiger partial charge in [-0.2, -0.15) is 5.26 Å². The molecular weight excluding hydrogens is 464 g/mol. The average molecular weight is 497 g/mol. The van der Waals surface area contributed by atoms with E-state index in [1.807, 2.05) is 37.4 Å². The van der Waals surface area contributed by atoms with E-state index in [0.29, 0.717) is 13.2 Å². The lowest BCUT2D eigenvalue weighted by Crippen LogP contribution is -2.74. The Hall–Kier alpha value is -3.46. The van der Waals surface area contributed by atoms with Crippen LogP contribution in [0.3, 0.4) is 0 Å². The van der Waals surface area contributed by atoms with Crippen LogP contribution in [0.25, 0.3) is 0 Å². The second-order valence-electron chi connectivity index (χ2n) is 9.19. The van der Waals surface area contributed by atoms with E-state index < -0.39 is 29.7 Å². The largest absolute Gasteiger partial charge is 0.478 e. The van der Waals surface area contributed by atoms with E-state index >= 15 is 0 Å². The number of likely N-dealkylation sites (tertiary alicyclic amines) is 1. The van der Waals surface area contributed by atoms with E-state index in [4.69, 9.17) is 9.47 Å². The summed E-state index contributed by atoms with van der Waals surface area (Å²) in [6.45, 7) is 2.00. The predicted molar refractivity (Wildman–Crippen MR) is 130 cm³/mol. The molecule has 0 spiro atoms. The van der Waals surface area contributed by atoms with Crippen LogP contribution in [0, 0.1) is 11.3 Å². The highest BCUT2D eigenvalue weighted by Gasteiger charge is 2.53. The van der Waals surface area contributed by atoms with Crippen molar-refractivity contribution in [3.63, 3.8) is 0 Å². The maximum atomic E-state index is 13.4. The minimum atomic E-state index is -1.80. The Balaban J connectivity index is 1.55. The van der Waals surface area contributed by atoms with Gasteiger partial charge in [-0.15, -0.1) is 0 Å². The molecule has 36 heavy (non-hydrogen) atoms. The molecule has 2 fully saturated rings. The van der Waals surface area contributed by atoms with Crippen molar-refractivity contribution in [1.82, 2.24) is 20.4 Å². The van der Waals surface area contributed by atoms with E-state index in [2.05, 4.69) is 26.6 Å². The van der Waals surface area contributed by atoms with Crippen LogP contribution in [0.4, 0.5) is 0 Å².